The van der Waals surface area contributed by atoms with Gasteiger partial charge in [-0.15, -0.1) is 0 Å². The number of rotatable bonds is 5. The standard InChI is InChI=1S/C16H18N4O3/c1-11(13-4-3-7-17-10-13)20-16(22)15(21)19-9-12-5-6-14(23-2)18-8-12/h3-8,10-11H,9H2,1-2H3,(H,19,21)(H,20,22)/t11-/m1/s1. The first-order valence-corrected chi connectivity index (χ1v) is 7.07. The summed E-state index contributed by atoms with van der Waals surface area (Å²) in [7, 11) is 1.53. The van der Waals surface area contributed by atoms with Crippen molar-refractivity contribution < 1.29 is 14.3 Å². The van der Waals surface area contributed by atoms with E-state index in [9.17, 15) is 9.59 Å². The number of hydrogen-bond donors (Lipinski definition) is 2. The predicted molar refractivity (Wildman–Crippen MR) is 83.4 cm³/mol. The second kappa shape index (κ2) is 7.88. The van der Waals surface area contributed by atoms with E-state index in [-0.39, 0.29) is 12.6 Å². The number of carbonyl (C=O) groups excluding carboxylic acids is 2. The lowest BCUT2D eigenvalue weighted by Gasteiger charge is -2.13. The van der Waals surface area contributed by atoms with Gasteiger partial charge in [-0.25, -0.2) is 4.98 Å². The second-order valence-electron chi connectivity index (χ2n) is 4.87. The number of nitrogens with one attached hydrogen (secondary N) is 2. The summed E-state index contributed by atoms with van der Waals surface area (Å²) in [5.41, 5.74) is 1.60. The Hall–Kier alpha value is -2.96. The summed E-state index contributed by atoms with van der Waals surface area (Å²) in [6, 6.07) is 6.76. The fourth-order valence-corrected chi connectivity index (χ4v) is 1.88. The van der Waals surface area contributed by atoms with E-state index in [1.54, 1.807) is 43.7 Å². The Labute approximate surface area is 134 Å². The zero-order chi connectivity index (χ0) is 16.7. The van der Waals surface area contributed by atoms with Gasteiger partial charge in [-0.3, -0.25) is 14.6 Å². The van der Waals surface area contributed by atoms with Crippen LogP contribution in [0.5, 0.6) is 5.88 Å². The number of amides is 2. The zero-order valence-electron chi connectivity index (χ0n) is 12.9. The summed E-state index contributed by atoms with van der Waals surface area (Å²) >= 11 is 0. The first-order valence-electron chi connectivity index (χ1n) is 7.07. The van der Waals surface area contributed by atoms with Gasteiger partial charge >= 0.3 is 11.8 Å². The van der Waals surface area contributed by atoms with Crippen LogP contribution in [0.4, 0.5) is 0 Å². The third-order valence-corrected chi connectivity index (χ3v) is 3.20. The molecule has 2 aromatic heterocycles. The van der Waals surface area contributed by atoms with Crippen molar-refractivity contribution in [3.8, 4) is 5.88 Å². The molecule has 2 heterocycles. The van der Waals surface area contributed by atoms with Crippen LogP contribution in [0, 0.1) is 0 Å². The molecule has 120 valence electrons. The van der Waals surface area contributed by atoms with Crippen molar-refractivity contribution in [2.45, 2.75) is 19.5 Å². The van der Waals surface area contributed by atoms with Crippen LogP contribution in [0.1, 0.15) is 24.1 Å². The molecule has 0 spiro atoms. The predicted octanol–water partition coefficient (Wildman–Crippen LogP) is 0.979. The zero-order valence-corrected chi connectivity index (χ0v) is 12.9. The van der Waals surface area contributed by atoms with Crippen molar-refractivity contribution in [3.05, 3.63) is 54.0 Å². The van der Waals surface area contributed by atoms with Crippen molar-refractivity contribution in [3.63, 3.8) is 0 Å². The Kier molecular flexibility index (Phi) is 5.62. The number of carbonyl (C=O) groups is 2. The molecule has 0 unspecified atom stereocenters. The van der Waals surface area contributed by atoms with Gasteiger partial charge in [0.25, 0.3) is 0 Å². The molecule has 0 saturated heterocycles. The van der Waals surface area contributed by atoms with E-state index in [1.807, 2.05) is 6.07 Å². The van der Waals surface area contributed by atoms with Gasteiger partial charge < -0.3 is 15.4 Å². The molecular formula is C16H18N4O3. The summed E-state index contributed by atoms with van der Waals surface area (Å²) in [6.07, 6.45) is 4.87. The Morgan fingerprint density at radius 2 is 2.04 bits per heavy atom. The molecule has 2 aromatic rings. The van der Waals surface area contributed by atoms with E-state index in [2.05, 4.69) is 20.6 Å². The normalized spacial score (nSPS) is 11.4. The average molecular weight is 314 g/mol. The smallest absolute Gasteiger partial charge is 0.309 e. The van der Waals surface area contributed by atoms with Gasteiger partial charge in [0, 0.05) is 31.2 Å². The molecule has 7 heteroatoms. The Balaban J connectivity index is 1.83. The fraction of sp³-hybridized carbons (Fsp3) is 0.250. The molecule has 0 saturated carbocycles. The number of aromatic nitrogens is 2. The van der Waals surface area contributed by atoms with Gasteiger partial charge in [0.1, 0.15) is 0 Å². The van der Waals surface area contributed by atoms with E-state index < -0.39 is 11.8 Å². The summed E-state index contributed by atoms with van der Waals surface area (Å²) in [5, 5.41) is 5.17. The van der Waals surface area contributed by atoms with E-state index >= 15 is 0 Å². The van der Waals surface area contributed by atoms with Gasteiger partial charge in [-0.05, 0) is 24.1 Å². The minimum atomic E-state index is -0.698. The molecule has 1 atom stereocenters. The third kappa shape index (κ3) is 4.77. The molecule has 2 rings (SSSR count). The Bertz CT molecular complexity index is 659. The van der Waals surface area contributed by atoms with Crippen LogP contribution in [0.25, 0.3) is 0 Å². The highest BCUT2D eigenvalue weighted by Gasteiger charge is 2.16. The number of nitrogens with zero attached hydrogens (tertiary/aromatic N) is 2. The van der Waals surface area contributed by atoms with Crippen molar-refractivity contribution in [1.82, 2.24) is 20.6 Å². The Morgan fingerprint density at radius 3 is 2.65 bits per heavy atom. The number of hydrogen-bond acceptors (Lipinski definition) is 5. The molecule has 0 aliphatic heterocycles. The summed E-state index contributed by atoms with van der Waals surface area (Å²) in [4.78, 5) is 31.7. The van der Waals surface area contributed by atoms with Crippen LogP contribution in [0.3, 0.4) is 0 Å². The molecule has 0 aromatic carbocycles. The Morgan fingerprint density at radius 1 is 1.22 bits per heavy atom. The lowest BCUT2D eigenvalue weighted by Crippen LogP contribution is -2.40. The molecule has 0 radical (unpaired) electrons. The van der Waals surface area contributed by atoms with E-state index in [0.29, 0.717) is 5.88 Å². The van der Waals surface area contributed by atoms with Crippen LogP contribution in [-0.4, -0.2) is 28.9 Å². The quantitative estimate of drug-likeness (QED) is 0.803. The molecule has 7 nitrogen and oxygen atoms in total. The van der Waals surface area contributed by atoms with Gasteiger partial charge in [-0.2, -0.15) is 0 Å². The maximum absolute atomic E-state index is 11.9. The van der Waals surface area contributed by atoms with Crippen LogP contribution >= 0.6 is 0 Å². The summed E-state index contributed by atoms with van der Waals surface area (Å²) in [6.45, 7) is 2.00. The number of pyridine rings is 2. The fourth-order valence-electron chi connectivity index (χ4n) is 1.88. The van der Waals surface area contributed by atoms with Crippen LogP contribution in [-0.2, 0) is 16.1 Å². The largest absolute Gasteiger partial charge is 0.481 e. The van der Waals surface area contributed by atoms with Crippen molar-refractivity contribution >= 4 is 11.8 Å². The van der Waals surface area contributed by atoms with E-state index in [4.69, 9.17) is 4.74 Å². The topological polar surface area (TPSA) is 93.2 Å². The first-order chi connectivity index (χ1) is 11.1. The lowest BCUT2D eigenvalue weighted by atomic mass is 10.1. The van der Waals surface area contributed by atoms with Gasteiger partial charge in [0.15, 0.2) is 0 Å². The van der Waals surface area contributed by atoms with E-state index in [1.165, 1.54) is 7.11 Å². The SMILES string of the molecule is COc1ccc(CNC(=O)C(=O)N[C@H](C)c2cccnc2)cn1. The first kappa shape index (κ1) is 16.4. The highest BCUT2D eigenvalue weighted by Crippen LogP contribution is 2.09. The molecule has 2 N–H and O–H groups in total. The van der Waals surface area contributed by atoms with Gasteiger partial charge in [-0.1, -0.05) is 12.1 Å². The van der Waals surface area contributed by atoms with Crippen molar-refractivity contribution in [2.75, 3.05) is 7.11 Å². The minimum absolute atomic E-state index is 0.213. The molecular weight excluding hydrogens is 296 g/mol. The summed E-state index contributed by atoms with van der Waals surface area (Å²) < 4.78 is 4.95. The van der Waals surface area contributed by atoms with Gasteiger partial charge in [0.05, 0.1) is 13.2 Å². The average Bonchev–Trinajstić information content (AvgIpc) is 2.60. The maximum atomic E-state index is 11.9. The lowest BCUT2D eigenvalue weighted by molar-refractivity contribution is -0.139. The van der Waals surface area contributed by atoms with Gasteiger partial charge in [0.2, 0.25) is 5.88 Å². The highest BCUT2D eigenvalue weighted by molar-refractivity contribution is 6.35. The van der Waals surface area contributed by atoms with Crippen LogP contribution in [0.2, 0.25) is 0 Å². The van der Waals surface area contributed by atoms with Crippen LogP contribution < -0.4 is 15.4 Å². The number of methoxy groups -OCH3 is 1. The van der Waals surface area contributed by atoms with Crippen molar-refractivity contribution in [2.24, 2.45) is 0 Å². The van der Waals surface area contributed by atoms with Crippen LogP contribution in [0.15, 0.2) is 42.9 Å². The molecule has 0 fully saturated rings. The molecule has 23 heavy (non-hydrogen) atoms. The molecule has 0 aliphatic carbocycles. The number of ether oxygens (including phenoxy) is 1. The minimum Gasteiger partial charge on any atom is -0.481 e. The molecule has 0 aliphatic rings. The maximum Gasteiger partial charge on any atom is 0.309 e. The van der Waals surface area contributed by atoms with Crippen molar-refractivity contribution in [1.29, 1.82) is 0 Å². The molecule has 2 amide bonds. The summed E-state index contributed by atoms with van der Waals surface area (Å²) in [5.74, 6) is -0.900. The van der Waals surface area contributed by atoms with E-state index in [0.717, 1.165) is 11.1 Å². The monoisotopic (exact) mass is 314 g/mol. The second-order valence-corrected chi connectivity index (χ2v) is 4.87. The molecule has 0 bridgehead atoms. The third-order valence-electron chi connectivity index (χ3n) is 3.20. The highest BCUT2D eigenvalue weighted by atomic mass is 16.5.